The lowest BCUT2D eigenvalue weighted by molar-refractivity contribution is -0.123. The molecule has 0 aliphatic rings. The van der Waals surface area contributed by atoms with Gasteiger partial charge in [-0.25, -0.2) is 0 Å². The normalized spacial score (nSPS) is 11.1. The van der Waals surface area contributed by atoms with Crippen LogP contribution in [0.4, 0.5) is 0 Å². The highest BCUT2D eigenvalue weighted by atomic mass is 16.5. The SMILES string of the molecule is Cc1cccc(OCC(=O)NCC(C)(c2ccccc2)c2ccccc2)c1C. The summed E-state index contributed by atoms with van der Waals surface area (Å²) in [6.07, 6.45) is 0. The van der Waals surface area contributed by atoms with E-state index < -0.39 is 0 Å². The molecule has 0 aromatic heterocycles. The molecular formula is C25H27NO2. The van der Waals surface area contributed by atoms with Crippen molar-refractivity contribution in [2.45, 2.75) is 26.2 Å². The van der Waals surface area contributed by atoms with Gasteiger partial charge in [-0.1, -0.05) is 72.8 Å². The standard InChI is InChI=1S/C25H27NO2/c1-19-11-10-16-23(20(19)2)28-17-24(27)26-18-25(3,21-12-6-4-7-13-21)22-14-8-5-9-15-22/h4-16H,17-18H2,1-3H3,(H,26,27). The minimum absolute atomic E-state index is 0.00392. The fraction of sp³-hybridized carbons (Fsp3) is 0.240. The smallest absolute Gasteiger partial charge is 0.257 e. The summed E-state index contributed by atoms with van der Waals surface area (Å²) in [5.74, 6) is 0.628. The van der Waals surface area contributed by atoms with Gasteiger partial charge in [0.2, 0.25) is 0 Å². The number of nitrogens with one attached hydrogen (secondary N) is 1. The quantitative estimate of drug-likeness (QED) is 0.646. The average Bonchev–Trinajstić information content (AvgIpc) is 2.74. The summed E-state index contributed by atoms with van der Waals surface area (Å²) in [7, 11) is 0. The Balaban J connectivity index is 1.70. The predicted molar refractivity (Wildman–Crippen MR) is 114 cm³/mol. The first kappa shape index (κ1) is 19.7. The van der Waals surface area contributed by atoms with Crippen molar-refractivity contribution < 1.29 is 9.53 Å². The van der Waals surface area contributed by atoms with Crippen molar-refractivity contribution in [1.82, 2.24) is 5.32 Å². The van der Waals surface area contributed by atoms with Crippen molar-refractivity contribution in [3.05, 3.63) is 101 Å². The highest BCUT2D eigenvalue weighted by Crippen LogP contribution is 2.31. The van der Waals surface area contributed by atoms with Gasteiger partial charge in [0.05, 0.1) is 0 Å². The zero-order valence-corrected chi connectivity index (χ0v) is 16.7. The fourth-order valence-electron chi connectivity index (χ4n) is 3.33. The van der Waals surface area contributed by atoms with E-state index in [1.165, 1.54) is 0 Å². The van der Waals surface area contributed by atoms with E-state index >= 15 is 0 Å². The van der Waals surface area contributed by atoms with E-state index in [1.807, 2.05) is 68.4 Å². The molecule has 144 valence electrons. The van der Waals surface area contributed by atoms with Crippen molar-refractivity contribution in [2.24, 2.45) is 0 Å². The molecule has 1 N–H and O–H groups in total. The molecule has 0 fully saturated rings. The Kier molecular flexibility index (Phi) is 6.15. The zero-order valence-electron chi connectivity index (χ0n) is 16.7. The second-order valence-corrected chi connectivity index (χ2v) is 7.33. The molecule has 3 rings (SSSR count). The van der Waals surface area contributed by atoms with Gasteiger partial charge in [0.25, 0.3) is 5.91 Å². The highest BCUT2D eigenvalue weighted by Gasteiger charge is 2.29. The molecule has 28 heavy (non-hydrogen) atoms. The molecule has 0 heterocycles. The maximum Gasteiger partial charge on any atom is 0.257 e. The second-order valence-electron chi connectivity index (χ2n) is 7.33. The summed E-state index contributed by atoms with van der Waals surface area (Å²) in [5.41, 5.74) is 4.22. The molecule has 0 bridgehead atoms. The zero-order chi connectivity index (χ0) is 20.0. The van der Waals surface area contributed by atoms with Gasteiger partial charge in [0.1, 0.15) is 5.75 Å². The molecule has 0 saturated heterocycles. The minimum atomic E-state index is -0.322. The number of hydrogen-bond acceptors (Lipinski definition) is 2. The Morgan fingerprint density at radius 1 is 0.857 bits per heavy atom. The summed E-state index contributed by atoms with van der Waals surface area (Å²) in [6.45, 7) is 6.70. The van der Waals surface area contributed by atoms with Crippen LogP contribution in [0.3, 0.4) is 0 Å². The average molecular weight is 373 g/mol. The van der Waals surface area contributed by atoms with Crippen LogP contribution in [0.5, 0.6) is 5.75 Å². The first-order chi connectivity index (χ1) is 13.5. The van der Waals surface area contributed by atoms with E-state index in [2.05, 4.69) is 36.5 Å². The first-order valence-electron chi connectivity index (χ1n) is 9.57. The fourth-order valence-corrected chi connectivity index (χ4v) is 3.33. The Morgan fingerprint density at radius 3 is 2.00 bits per heavy atom. The molecule has 3 aromatic rings. The maximum absolute atomic E-state index is 12.5. The van der Waals surface area contributed by atoms with Crippen LogP contribution in [0, 0.1) is 13.8 Å². The van der Waals surface area contributed by atoms with E-state index in [0.717, 1.165) is 28.0 Å². The number of carbonyl (C=O) groups excluding carboxylic acids is 1. The first-order valence-corrected chi connectivity index (χ1v) is 9.57. The Labute approximate surface area is 167 Å². The van der Waals surface area contributed by atoms with E-state index in [4.69, 9.17) is 4.74 Å². The van der Waals surface area contributed by atoms with E-state index in [9.17, 15) is 4.79 Å². The molecule has 0 spiro atoms. The number of rotatable bonds is 7. The van der Waals surface area contributed by atoms with Crippen LogP contribution in [-0.4, -0.2) is 19.1 Å². The van der Waals surface area contributed by atoms with Gasteiger partial charge in [-0.3, -0.25) is 4.79 Å². The van der Waals surface area contributed by atoms with Crippen molar-refractivity contribution in [3.8, 4) is 5.75 Å². The Morgan fingerprint density at radius 2 is 1.43 bits per heavy atom. The summed E-state index contributed by atoms with van der Waals surface area (Å²) in [5, 5.41) is 3.06. The number of benzene rings is 3. The van der Waals surface area contributed by atoms with Crippen LogP contribution < -0.4 is 10.1 Å². The lowest BCUT2D eigenvalue weighted by Crippen LogP contribution is -2.41. The molecule has 0 aliphatic carbocycles. The molecule has 0 atom stereocenters. The Bertz CT molecular complexity index is 880. The van der Waals surface area contributed by atoms with E-state index in [-0.39, 0.29) is 17.9 Å². The highest BCUT2D eigenvalue weighted by molar-refractivity contribution is 5.77. The molecular weight excluding hydrogens is 346 g/mol. The lowest BCUT2D eigenvalue weighted by atomic mass is 9.76. The molecule has 0 unspecified atom stereocenters. The summed E-state index contributed by atoms with van der Waals surface area (Å²) < 4.78 is 5.74. The minimum Gasteiger partial charge on any atom is -0.483 e. The molecule has 0 aliphatic heterocycles. The molecule has 3 heteroatoms. The number of hydrogen-bond donors (Lipinski definition) is 1. The van der Waals surface area contributed by atoms with Crippen molar-refractivity contribution in [1.29, 1.82) is 0 Å². The number of carbonyl (C=O) groups is 1. The third-order valence-electron chi connectivity index (χ3n) is 5.37. The molecule has 3 nitrogen and oxygen atoms in total. The van der Waals surface area contributed by atoms with Gasteiger partial charge in [0.15, 0.2) is 6.61 Å². The summed E-state index contributed by atoms with van der Waals surface area (Å²) in [6, 6.07) is 26.4. The van der Waals surface area contributed by atoms with Gasteiger partial charge >= 0.3 is 0 Å². The van der Waals surface area contributed by atoms with Crippen LogP contribution in [0.25, 0.3) is 0 Å². The summed E-state index contributed by atoms with van der Waals surface area (Å²) in [4.78, 5) is 12.5. The second kappa shape index (κ2) is 8.75. The lowest BCUT2D eigenvalue weighted by Gasteiger charge is -2.31. The maximum atomic E-state index is 12.5. The molecule has 3 aromatic carbocycles. The number of aryl methyl sites for hydroxylation is 1. The van der Waals surface area contributed by atoms with Gasteiger partial charge in [0, 0.05) is 12.0 Å². The van der Waals surface area contributed by atoms with Crippen LogP contribution in [0.2, 0.25) is 0 Å². The topological polar surface area (TPSA) is 38.3 Å². The van der Waals surface area contributed by atoms with Gasteiger partial charge in [-0.15, -0.1) is 0 Å². The van der Waals surface area contributed by atoms with Gasteiger partial charge < -0.3 is 10.1 Å². The molecule has 0 radical (unpaired) electrons. The third kappa shape index (κ3) is 4.42. The molecule has 1 amide bonds. The number of ether oxygens (including phenoxy) is 1. The van der Waals surface area contributed by atoms with Crippen molar-refractivity contribution in [3.63, 3.8) is 0 Å². The van der Waals surface area contributed by atoms with Gasteiger partial charge in [-0.05, 0) is 49.1 Å². The van der Waals surface area contributed by atoms with E-state index in [0.29, 0.717) is 6.54 Å². The van der Waals surface area contributed by atoms with Gasteiger partial charge in [-0.2, -0.15) is 0 Å². The van der Waals surface area contributed by atoms with Crippen LogP contribution in [-0.2, 0) is 10.2 Å². The Hall–Kier alpha value is -3.07. The van der Waals surface area contributed by atoms with Crippen molar-refractivity contribution in [2.75, 3.05) is 13.2 Å². The van der Waals surface area contributed by atoms with Crippen LogP contribution in [0.1, 0.15) is 29.2 Å². The number of amides is 1. The monoisotopic (exact) mass is 373 g/mol. The third-order valence-corrected chi connectivity index (χ3v) is 5.37. The van der Waals surface area contributed by atoms with Crippen LogP contribution >= 0.6 is 0 Å². The van der Waals surface area contributed by atoms with E-state index in [1.54, 1.807) is 0 Å². The molecule has 0 saturated carbocycles. The predicted octanol–water partition coefficient (Wildman–Crippen LogP) is 4.80. The van der Waals surface area contributed by atoms with Crippen LogP contribution in [0.15, 0.2) is 78.9 Å². The largest absolute Gasteiger partial charge is 0.483 e. The summed E-state index contributed by atoms with van der Waals surface area (Å²) >= 11 is 0. The van der Waals surface area contributed by atoms with Crippen molar-refractivity contribution >= 4 is 5.91 Å².